The lowest BCUT2D eigenvalue weighted by Crippen LogP contribution is -2.20. The van der Waals surface area contributed by atoms with Gasteiger partial charge in [-0.25, -0.2) is 4.98 Å². The van der Waals surface area contributed by atoms with E-state index in [1.165, 1.54) is 0 Å². The number of halogens is 1. The van der Waals surface area contributed by atoms with E-state index in [-0.39, 0.29) is 6.10 Å². The molecule has 6 nitrogen and oxygen atoms in total. The van der Waals surface area contributed by atoms with Gasteiger partial charge in [0.25, 0.3) is 5.89 Å². The molecule has 19 heavy (non-hydrogen) atoms. The van der Waals surface area contributed by atoms with Gasteiger partial charge in [-0.1, -0.05) is 5.16 Å². The maximum Gasteiger partial charge on any atom is 0.276 e. The van der Waals surface area contributed by atoms with Crippen LogP contribution in [0.3, 0.4) is 0 Å². The van der Waals surface area contributed by atoms with Crippen molar-refractivity contribution in [2.45, 2.75) is 26.0 Å². The van der Waals surface area contributed by atoms with Crippen LogP contribution < -0.4 is 5.73 Å². The predicted octanol–water partition coefficient (Wildman–Crippen LogP) is 2.32. The maximum atomic E-state index is 5.92. The molecule has 1 atom stereocenters. The molecule has 2 heterocycles. The zero-order valence-electron chi connectivity index (χ0n) is 10.7. The number of nitrogens with two attached hydrogens (primary N) is 1. The molecule has 0 aromatic carbocycles. The minimum atomic E-state index is -0.407. The van der Waals surface area contributed by atoms with Gasteiger partial charge in [0, 0.05) is 10.7 Å². The van der Waals surface area contributed by atoms with Crippen molar-refractivity contribution in [3.63, 3.8) is 0 Å². The van der Waals surface area contributed by atoms with E-state index < -0.39 is 6.04 Å². The van der Waals surface area contributed by atoms with Crippen LogP contribution >= 0.6 is 15.9 Å². The Morgan fingerprint density at radius 2 is 2.21 bits per heavy atom. The highest BCUT2D eigenvalue weighted by atomic mass is 79.9. The van der Waals surface area contributed by atoms with E-state index in [0.717, 1.165) is 4.47 Å². The quantitative estimate of drug-likeness (QED) is 0.907. The Morgan fingerprint density at radius 1 is 1.42 bits per heavy atom. The summed E-state index contributed by atoms with van der Waals surface area (Å²) < 4.78 is 11.5. The Hall–Kier alpha value is -1.31. The van der Waals surface area contributed by atoms with Crippen LogP contribution in [0.15, 0.2) is 27.3 Å². The number of rotatable bonds is 5. The monoisotopic (exact) mass is 326 g/mol. The molecular weight excluding hydrogens is 312 g/mol. The van der Waals surface area contributed by atoms with Gasteiger partial charge < -0.3 is 15.0 Å². The second kappa shape index (κ2) is 6.23. The molecule has 0 aliphatic rings. The van der Waals surface area contributed by atoms with Crippen molar-refractivity contribution in [2.75, 3.05) is 6.61 Å². The third-order valence-corrected chi connectivity index (χ3v) is 2.80. The molecule has 0 fully saturated rings. The molecule has 2 aromatic heterocycles. The van der Waals surface area contributed by atoms with E-state index in [4.69, 9.17) is 15.0 Å². The van der Waals surface area contributed by atoms with Crippen molar-refractivity contribution >= 4 is 15.9 Å². The van der Waals surface area contributed by atoms with Gasteiger partial charge in [-0.3, -0.25) is 0 Å². The van der Waals surface area contributed by atoms with E-state index in [1.807, 2.05) is 19.9 Å². The minimum Gasteiger partial charge on any atom is -0.377 e. The van der Waals surface area contributed by atoms with E-state index in [9.17, 15) is 0 Å². The summed E-state index contributed by atoms with van der Waals surface area (Å²) in [4.78, 5) is 8.41. The average molecular weight is 327 g/mol. The molecular formula is C12H15BrN4O2. The summed E-state index contributed by atoms with van der Waals surface area (Å²) in [6.45, 7) is 4.24. The summed E-state index contributed by atoms with van der Waals surface area (Å²) in [7, 11) is 0. The fourth-order valence-corrected chi connectivity index (χ4v) is 1.60. The van der Waals surface area contributed by atoms with Crippen molar-refractivity contribution in [3.8, 4) is 11.6 Å². The van der Waals surface area contributed by atoms with Gasteiger partial charge in [0.05, 0.1) is 18.8 Å². The molecule has 0 saturated carbocycles. The molecule has 102 valence electrons. The van der Waals surface area contributed by atoms with Gasteiger partial charge in [-0.2, -0.15) is 4.98 Å². The van der Waals surface area contributed by atoms with Gasteiger partial charge in [0.15, 0.2) is 5.82 Å². The van der Waals surface area contributed by atoms with Gasteiger partial charge in [-0.15, -0.1) is 0 Å². The lowest BCUT2D eigenvalue weighted by atomic mass is 10.3. The molecule has 2 aromatic rings. The van der Waals surface area contributed by atoms with Crippen molar-refractivity contribution in [3.05, 3.63) is 28.6 Å². The lowest BCUT2D eigenvalue weighted by molar-refractivity contribution is 0.0665. The molecule has 0 bridgehead atoms. The van der Waals surface area contributed by atoms with Crippen LogP contribution in [0.2, 0.25) is 0 Å². The van der Waals surface area contributed by atoms with Crippen LogP contribution in [-0.4, -0.2) is 27.8 Å². The summed E-state index contributed by atoms with van der Waals surface area (Å²) in [6.07, 6.45) is 1.78. The van der Waals surface area contributed by atoms with Gasteiger partial charge in [-0.05, 0) is 41.9 Å². The van der Waals surface area contributed by atoms with Crippen LogP contribution in [-0.2, 0) is 4.74 Å². The molecule has 0 aliphatic carbocycles. The highest BCUT2D eigenvalue weighted by Gasteiger charge is 2.16. The number of hydrogen-bond acceptors (Lipinski definition) is 6. The first-order valence-corrected chi connectivity index (χ1v) is 6.68. The Kier molecular flexibility index (Phi) is 4.62. The fraction of sp³-hybridized carbons (Fsp3) is 0.417. The Bertz CT molecular complexity index is 527. The number of pyridine rings is 1. The third kappa shape index (κ3) is 3.82. The molecule has 0 spiro atoms. The molecule has 0 radical (unpaired) electrons. The second-order valence-corrected chi connectivity index (χ2v) is 5.22. The van der Waals surface area contributed by atoms with Gasteiger partial charge in [0.1, 0.15) is 5.69 Å². The smallest absolute Gasteiger partial charge is 0.276 e. The standard InChI is InChI=1S/C12H15BrN4O2/c1-7(2)18-6-9(14)11-16-12(19-17-11)10-4-3-8(13)5-15-10/h3-5,7,9H,6,14H2,1-2H3. The van der Waals surface area contributed by atoms with Crippen molar-refractivity contribution in [1.29, 1.82) is 0 Å². The van der Waals surface area contributed by atoms with Crippen LogP contribution in [0, 0.1) is 0 Å². The largest absolute Gasteiger partial charge is 0.377 e. The van der Waals surface area contributed by atoms with Crippen molar-refractivity contribution in [2.24, 2.45) is 5.73 Å². The topological polar surface area (TPSA) is 87.1 Å². The van der Waals surface area contributed by atoms with Gasteiger partial charge >= 0.3 is 0 Å². The number of hydrogen-bond donors (Lipinski definition) is 1. The first-order chi connectivity index (χ1) is 9.06. The Labute approximate surface area is 119 Å². The number of aromatic nitrogens is 3. The highest BCUT2D eigenvalue weighted by Crippen LogP contribution is 2.18. The average Bonchev–Trinajstić information content (AvgIpc) is 2.86. The van der Waals surface area contributed by atoms with E-state index in [0.29, 0.717) is 24.0 Å². The highest BCUT2D eigenvalue weighted by molar-refractivity contribution is 9.10. The maximum absolute atomic E-state index is 5.92. The number of nitrogens with zero attached hydrogens (tertiary/aromatic N) is 3. The van der Waals surface area contributed by atoms with Gasteiger partial charge in [0.2, 0.25) is 0 Å². The summed E-state index contributed by atoms with van der Waals surface area (Å²) in [5.74, 6) is 0.767. The lowest BCUT2D eigenvalue weighted by Gasteiger charge is -2.10. The second-order valence-electron chi connectivity index (χ2n) is 4.31. The molecule has 2 N–H and O–H groups in total. The first-order valence-electron chi connectivity index (χ1n) is 5.89. The SMILES string of the molecule is CC(C)OCC(N)c1noc(-c2ccc(Br)cn2)n1. The Morgan fingerprint density at radius 3 is 2.84 bits per heavy atom. The minimum absolute atomic E-state index is 0.116. The van der Waals surface area contributed by atoms with E-state index in [2.05, 4.69) is 31.1 Å². The summed E-state index contributed by atoms with van der Waals surface area (Å²) >= 11 is 3.31. The zero-order valence-corrected chi connectivity index (χ0v) is 12.3. The molecule has 1 unspecified atom stereocenters. The predicted molar refractivity (Wildman–Crippen MR) is 73.2 cm³/mol. The normalized spacial score (nSPS) is 12.9. The van der Waals surface area contributed by atoms with Crippen molar-refractivity contribution < 1.29 is 9.26 Å². The summed E-state index contributed by atoms with van der Waals surface area (Å²) in [6, 6.07) is 3.24. The fourth-order valence-electron chi connectivity index (χ4n) is 1.36. The van der Waals surface area contributed by atoms with Crippen LogP contribution in [0.1, 0.15) is 25.7 Å². The van der Waals surface area contributed by atoms with Crippen molar-refractivity contribution in [1.82, 2.24) is 15.1 Å². The van der Waals surface area contributed by atoms with E-state index >= 15 is 0 Å². The first kappa shape index (κ1) is 14.1. The van der Waals surface area contributed by atoms with Crippen LogP contribution in [0.25, 0.3) is 11.6 Å². The summed E-state index contributed by atoms with van der Waals surface area (Å²) in [5, 5.41) is 3.85. The molecule has 2 rings (SSSR count). The molecule has 7 heteroatoms. The number of ether oxygens (including phenoxy) is 1. The molecule has 0 saturated heterocycles. The third-order valence-electron chi connectivity index (χ3n) is 2.33. The molecule has 0 aliphatic heterocycles. The zero-order chi connectivity index (χ0) is 13.8. The van der Waals surface area contributed by atoms with E-state index in [1.54, 1.807) is 12.3 Å². The van der Waals surface area contributed by atoms with Crippen LogP contribution in [0.4, 0.5) is 0 Å². The molecule has 0 amide bonds. The van der Waals surface area contributed by atoms with Crippen LogP contribution in [0.5, 0.6) is 0 Å². The Balaban J connectivity index is 2.08. The summed E-state index contributed by atoms with van der Waals surface area (Å²) in [5.41, 5.74) is 6.53.